The molecule has 2 aliphatic heterocycles. The van der Waals surface area contributed by atoms with Crippen molar-refractivity contribution >= 4 is 28.3 Å². The molecule has 0 spiro atoms. The molecule has 2 saturated heterocycles. The number of anilines is 2. The van der Waals surface area contributed by atoms with Gasteiger partial charge in [-0.25, -0.2) is 4.68 Å². The number of fused-ring (bicyclic) bond motifs is 1. The predicted molar refractivity (Wildman–Crippen MR) is 112 cm³/mol. The number of para-hydroxylation sites is 1. The molecule has 1 N–H and O–H groups in total. The standard InChI is InChI=1S/C22H25N5O2/c28-22(16-9-14-29-15-16)25-21-6-11-24-27(21)17-7-12-26(13-8-17)20-5-10-23-19-4-2-1-3-18(19)20/h1-6,10-11,16-17H,7-9,12-15H2,(H,25,28)/t16-/m1/s1. The Hall–Kier alpha value is -2.93. The van der Waals surface area contributed by atoms with Crippen molar-refractivity contribution in [2.24, 2.45) is 5.92 Å². The van der Waals surface area contributed by atoms with Gasteiger partial charge in [-0.1, -0.05) is 18.2 Å². The molecule has 0 saturated carbocycles. The molecule has 7 nitrogen and oxygen atoms in total. The molecule has 150 valence electrons. The first kappa shape index (κ1) is 18.1. The molecule has 0 radical (unpaired) electrons. The molecular weight excluding hydrogens is 366 g/mol. The van der Waals surface area contributed by atoms with Crippen LogP contribution in [0.5, 0.6) is 0 Å². The highest BCUT2D eigenvalue weighted by atomic mass is 16.5. The van der Waals surface area contributed by atoms with Crippen LogP contribution in [0.3, 0.4) is 0 Å². The van der Waals surface area contributed by atoms with Gasteiger partial charge in [-0.05, 0) is 31.4 Å². The summed E-state index contributed by atoms with van der Waals surface area (Å²) in [6, 6.07) is 12.6. The minimum atomic E-state index is -0.0554. The Morgan fingerprint density at radius 2 is 1.93 bits per heavy atom. The van der Waals surface area contributed by atoms with Crippen molar-refractivity contribution in [1.29, 1.82) is 0 Å². The third kappa shape index (κ3) is 3.58. The summed E-state index contributed by atoms with van der Waals surface area (Å²) in [6.07, 6.45) is 6.40. The number of carbonyl (C=O) groups excluding carboxylic acids is 1. The van der Waals surface area contributed by atoms with E-state index in [-0.39, 0.29) is 17.9 Å². The van der Waals surface area contributed by atoms with Gasteiger partial charge in [-0.15, -0.1) is 0 Å². The summed E-state index contributed by atoms with van der Waals surface area (Å²) in [6.45, 7) is 3.07. The van der Waals surface area contributed by atoms with E-state index >= 15 is 0 Å². The molecule has 5 rings (SSSR count). The molecule has 2 aromatic heterocycles. The molecule has 7 heteroatoms. The highest BCUT2D eigenvalue weighted by Crippen LogP contribution is 2.32. The molecule has 29 heavy (non-hydrogen) atoms. The number of amides is 1. The van der Waals surface area contributed by atoms with Crippen LogP contribution in [0, 0.1) is 5.92 Å². The van der Waals surface area contributed by atoms with Crippen molar-refractivity contribution < 1.29 is 9.53 Å². The Bertz CT molecular complexity index is 998. The highest BCUT2D eigenvalue weighted by molar-refractivity contribution is 5.92. The van der Waals surface area contributed by atoms with Crippen LogP contribution >= 0.6 is 0 Å². The van der Waals surface area contributed by atoms with Gasteiger partial charge in [0, 0.05) is 43.0 Å². The smallest absolute Gasteiger partial charge is 0.231 e. The van der Waals surface area contributed by atoms with E-state index in [1.165, 1.54) is 11.1 Å². The van der Waals surface area contributed by atoms with Gasteiger partial charge < -0.3 is 15.0 Å². The molecule has 0 aliphatic carbocycles. The quantitative estimate of drug-likeness (QED) is 0.739. The Balaban J connectivity index is 1.28. The van der Waals surface area contributed by atoms with E-state index in [1.807, 2.05) is 23.0 Å². The molecule has 2 fully saturated rings. The Morgan fingerprint density at radius 3 is 2.76 bits per heavy atom. The monoisotopic (exact) mass is 391 g/mol. The van der Waals surface area contributed by atoms with Crippen LogP contribution < -0.4 is 10.2 Å². The maximum Gasteiger partial charge on any atom is 0.231 e. The van der Waals surface area contributed by atoms with Crippen LogP contribution in [0.15, 0.2) is 48.8 Å². The molecule has 2 aliphatic rings. The second kappa shape index (κ2) is 7.83. The number of hydrogen-bond acceptors (Lipinski definition) is 5. The Labute approximate surface area is 169 Å². The fraction of sp³-hybridized carbons (Fsp3) is 0.409. The van der Waals surface area contributed by atoms with Crippen LogP contribution in [-0.4, -0.2) is 47.0 Å². The lowest BCUT2D eigenvalue weighted by Crippen LogP contribution is -2.35. The van der Waals surface area contributed by atoms with Gasteiger partial charge in [0.05, 0.1) is 30.3 Å². The number of ether oxygens (including phenoxy) is 1. The van der Waals surface area contributed by atoms with Crippen LogP contribution in [0.2, 0.25) is 0 Å². The second-order valence-electron chi connectivity index (χ2n) is 7.78. The lowest BCUT2D eigenvalue weighted by atomic mass is 10.0. The van der Waals surface area contributed by atoms with Crippen LogP contribution in [0.25, 0.3) is 10.9 Å². The van der Waals surface area contributed by atoms with Crippen LogP contribution in [-0.2, 0) is 9.53 Å². The number of carbonyl (C=O) groups is 1. The fourth-order valence-corrected chi connectivity index (χ4v) is 4.38. The minimum absolute atomic E-state index is 0.0324. The molecule has 0 unspecified atom stereocenters. The van der Waals surface area contributed by atoms with Crippen LogP contribution in [0.4, 0.5) is 11.5 Å². The normalized spacial score (nSPS) is 20.3. The largest absolute Gasteiger partial charge is 0.381 e. The molecule has 0 bridgehead atoms. The van der Waals surface area contributed by atoms with Gasteiger partial charge in [0.25, 0.3) is 0 Å². The van der Waals surface area contributed by atoms with Gasteiger partial charge in [0.1, 0.15) is 5.82 Å². The number of hydrogen-bond donors (Lipinski definition) is 1. The fourth-order valence-electron chi connectivity index (χ4n) is 4.38. The second-order valence-corrected chi connectivity index (χ2v) is 7.78. The summed E-state index contributed by atoms with van der Waals surface area (Å²) >= 11 is 0. The average molecular weight is 391 g/mol. The van der Waals surface area contributed by atoms with Gasteiger partial charge in [0.2, 0.25) is 5.91 Å². The lowest BCUT2D eigenvalue weighted by Gasteiger charge is -2.34. The van der Waals surface area contributed by atoms with E-state index in [2.05, 4.69) is 44.6 Å². The zero-order chi connectivity index (χ0) is 19.6. The third-order valence-electron chi connectivity index (χ3n) is 6.00. The summed E-state index contributed by atoms with van der Waals surface area (Å²) < 4.78 is 7.32. The number of benzene rings is 1. The number of rotatable bonds is 4. The topological polar surface area (TPSA) is 72.3 Å². The molecule has 3 aromatic rings. The van der Waals surface area contributed by atoms with Crippen molar-refractivity contribution in [1.82, 2.24) is 14.8 Å². The summed E-state index contributed by atoms with van der Waals surface area (Å²) in [5, 5.41) is 8.76. The first-order valence-corrected chi connectivity index (χ1v) is 10.3. The van der Waals surface area contributed by atoms with Gasteiger partial charge >= 0.3 is 0 Å². The van der Waals surface area contributed by atoms with Crippen molar-refractivity contribution in [3.8, 4) is 0 Å². The van der Waals surface area contributed by atoms with Gasteiger partial charge in [0.15, 0.2) is 0 Å². The summed E-state index contributed by atoms with van der Waals surface area (Å²) in [5.41, 5.74) is 2.27. The maximum atomic E-state index is 12.5. The van der Waals surface area contributed by atoms with E-state index < -0.39 is 0 Å². The molecule has 4 heterocycles. The average Bonchev–Trinajstić information content (AvgIpc) is 3.46. The zero-order valence-electron chi connectivity index (χ0n) is 16.3. The Kier molecular flexibility index (Phi) is 4.89. The SMILES string of the molecule is O=C(Nc1ccnn1C1CCN(c2ccnc3ccccc23)CC1)[C@@H]1CCOC1. The molecule has 1 amide bonds. The van der Waals surface area contributed by atoms with Crippen molar-refractivity contribution in [3.05, 3.63) is 48.8 Å². The summed E-state index contributed by atoms with van der Waals surface area (Å²) in [5.74, 6) is 0.764. The minimum Gasteiger partial charge on any atom is -0.381 e. The van der Waals surface area contributed by atoms with Gasteiger partial charge in [-0.3, -0.25) is 9.78 Å². The van der Waals surface area contributed by atoms with E-state index in [0.717, 1.165) is 43.7 Å². The zero-order valence-corrected chi connectivity index (χ0v) is 16.3. The predicted octanol–water partition coefficient (Wildman–Crippen LogP) is 3.25. The molecule has 1 atom stereocenters. The van der Waals surface area contributed by atoms with E-state index in [4.69, 9.17) is 4.74 Å². The van der Waals surface area contributed by atoms with Crippen LogP contribution in [0.1, 0.15) is 25.3 Å². The van der Waals surface area contributed by atoms with E-state index in [0.29, 0.717) is 13.2 Å². The summed E-state index contributed by atoms with van der Waals surface area (Å²) in [7, 11) is 0. The molecule has 1 aromatic carbocycles. The van der Waals surface area contributed by atoms with Crippen molar-refractivity contribution in [2.45, 2.75) is 25.3 Å². The highest BCUT2D eigenvalue weighted by Gasteiger charge is 2.27. The third-order valence-corrected chi connectivity index (χ3v) is 6.00. The van der Waals surface area contributed by atoms with Gasteiger partial charge in [-0.2, -0.15) is 5.10 Å². The number of aromatic nitrogens is 3. The number of nitrogens with zero attached hydrogens (tertiary/aromatic N) is 4. The number of nitrogens with one attached hydrogen (secondary N) is 1. The number of pyridine rings is 1. The maximum absolute atomic E-state index is 12.5. The van der Waals surface area contributed by atoms with Crippen molar-refractivity contribution in [2.75, 3.05) is 36.5 Å². The first-order chi connectivity index (χ1) is 14.3. The first-order valence-electron chi connectivity index (χ1n) is 10.3. The Morgan fingerprint density at radius 1 is 1.07 bits per heavy atom. The van der Waals surface area contributed by atoms with E-state index in [9.17, 15) is 4.79 Å². The van der Waals surface area contributed by atoms with Crippen molar-refractivity contribution in [3.63, 3.8) is 0 Å². The lowest BCUT2D eigenvalue weighted by molar-refractivity contribution is -0.119. The van der Waals surface area contributed by atoms with E-state index in [1.54, 1.807) is 6.20 Å². The molecular formula is C22H25N5O2. The summed E-state index contributed by atoms with van der Waals surface area (Å²) in [4.78, 5) is 19.4. The number of piperidine rings is 1.